The summed E-state index contributed by atoms with van der Waals surface area (Å²) in [7, 11) is 3.23. The maximum atomic E-state index is 12.0. The third-order valence-corrected chi connectivity index (χ3v) is 7.30. The van der Waals surface area contributed by atoms with Gasteiger partial charge in [-0.2, -0.15) is 24.9 Å². The Bertz CT molecular complexity index is 844. The highest BCUT2D eigenvalue weighted by molar-refractivity contribution is 7.98. The Morgan fingerprint density at radius 3 is 2.39 bits per heavy atom. The van der Waals surface area contributed by atoms with Gasteiger partial charge in [0, 0.05) is 26.0 Å². The molecule has 206 valence electrons. The van der Waals surface area contributed by atoms with Gasteiger partial charge >= 0.3 is 18.1 Å². The number of carbonyl (C=O) groups is 2. The number of methoxy groups -OCH3 is 2. The fourth-order valence-corrected chi connectivity index (χ4v) is 4.70. The predicted octanol–water partition coefficient (Wildman–Crippen LogP) is 1.54. The molecular formula is C21H35F3N6O5S. The quantitative estimate of drug-likeness (QED) is 0.419. The molecule has 36 heavy (non-hydrogen) atoms. The van der Waals surface area contributed by atoms with Crippen LogP contribution in [0.5, 0.6) is 0 Å². The van der Waals surface area contributed by atoms with Gasteiger partial charge in [-0.3, -0.25) is 9.69 Å². The van der Waals surface area contributed by atoms with Gasteiger partial charge in [0.15, 0.2) is 5.82 Å². The molecule has 0 radical (unpaired) electrons. The normalized spacial score (nSPS) is 22.6. The molecule has 1 saturated carbocycles. The lowest BCUT2D eigenvalue weighted by Gasteiger charge is -2.44. The Balaban J connectivity index is 0.000000572. The summed E-state index contributed by atoms with van der Waals surface area (Å²) in [4.78, 5) is 23.0. The number of thioether (sulfide) groups is 1. The molecule has 0 unspecified atom stereocenters. The van der Waals surface area contributed by atoms with Gasteiger partial charge in [0.1, 0.15) is 6.04 Å². The van der Waals surface area contributed by atoms with Gasteiger partial charge in [0.25, 0.3) is 0 Å². The van der Waals surface area contributed by atoms with Crippen LogP contribution in [-0.2, 0) is 31.1 Å². The maximum Gasteiger partial charge on any atom is 0.490 e. The number of halogens is 3. The van der Waals surface area contributed by atoms with E-state index in [1.54, 1.807) is 18.9 Å². The fraction of sp³-hybridized carbons (Fsp3) is 0.857. The number of aliphatic carboxylic acids is 1. The van der Waals surface area contributed by atoms with Crippen molar-refractivity contribution in [2.45, 2.75) is 63.0 Å². The highest BCUT2D eigenvalue weighted by atomic mass is 32.2. The summed E-state index contributed by atoms with van der Waals surface area (Å²) in [5.74, 6) is -0.431. The standard InChI is InChI=1S/C19H34N6O3S.C2HF3O2/c1-14(17(26)28-3)24-7-5-19(6-8-24,20-13-15-11-16(12-15)27-2)18-21-22-23-25(18)9-10-29-4;3-2(4,5)1(6)7/h14-16,20H,5-13H2,1-4H3;(H,6,7)/t14-,15?,16?;/m1./s1. The zero-order valence-electron chi connectivity index (χ0n) is 21.0. The number of carboxylic acids is 1. The molecule has 0 amide bonds. The Hall–Kier alpha value is -1.97. The van der Waals surface area contributed by atoms with Crippen molar-refractivity contribution in [2.75, 3.05) is 45.9 Å². The van der Waals surface area contributed by atoms with E-state index in [4.69, 9.17) is 19.4 Å². The van der Waals surface area contributed by atoms with Crippen LogP contribution in [0.25, 0.3) is 0 Å². The molecule has 1 aliphatic heterocycles. The number of rotatable bonds is 10. The summed E-state index contributed by atoms with van der Waals surface area (Å²) >= 11 is 1.79. The molecule has 1 aromatic heterocycles. The average molecular weight is 541 g/mol. The minimum absolute atomic E-state index is 0.185. The molecule has 1 aromatic rings. The predicted molar refractivity (Wildman–Crippen MR) is 125 cm³/mol. The fourth-order valence-electron chi connectivity index (χ4n) is 4.34. The summed E-state index contributed by atoms with van der Waals surface area (Å²) in [5.41, 5.74) is -0.271. The van der Waals surface area contributed by atoms with E-state index in [1.807, 2.05) is 11.6 Å². The van der Waals surface area contributed by atoms with Crippen molar-refractivity contribution in [2.24, 2.45) is 5.92 Å². The molecule has 0 spiro atoms. The van der Waals surface area contributed by atoms with E-state index in [0.29, 0.717) is 12.0 Å². The van der Waals surface area contributed by atoms with Gasteiger partial charge in [-0.25, -0.2) is 9.48 Å². The van der Waals surface area contributed by atoms with E-state index in [2.05, 4.69) is 32.0 Å². The van der Waals surface area contributed by atoms with Crippen molar-refractivity contribution in [1.82, 2.24) is 30.4 Å². The highest BCUT2D eigenvalue weighted by Gasteiger charge is 2.43. The smallest absolute Gasteiger partial charge is 0.475 e. The molecule has 1 atom stereocenters. The zero-order valence-corrected chi connectivity index (χ0v) is 21.8. The van der Waals surface area contributed by atoms with Crippen LogP contribution in [0.4, 0.5) is 13.2 Å². The SMILES string of the molecule is COC(=O)[C@@H](C)N1CCC(NCC2CC(OC)C2)(c2nnnn2CCSC)CC1.O=C(O)C(F)(F)F. The van der Waals surface area contributed by atoms with Crippen LogP contribution in [0.1, 0.15) is 38.4 Å². The van der Waals surface area contributed by atoms with Crippen LogP contribution in [0, 0.1) is 5.92 Å². The van der Waals surface area contributed by atoms with Crippen molar-refractivity contribution < 1.29 is 37.3 Å². The molecular weight excluding hydrogens is 505 g/mol. The van der Waals surface area contributed by atoms with Crippen molar-refractivity contribution in [3.8, 4) is 0 Å². The molecule has 0 aromatic carbocycles. The second kappa shape index (κ2) is 13.5. The molecule has 1 aliphatic carbocycles. The van der Waals surface area contributed by atoms with Crippen molar-refractivity contribution in [3.63, 3.8) is 0 Å². The number of tetrazole rings is 1. The summed E-state index contributed by atoms with van der Waals surface area (Å²) in [6.07, 6.45) is 1.31. The lowest BCUT2D eigenvalue weighted by molar-refractivity contribution is -0.192. The van der Waals surface area contributed by atoms with Gasteiger partial charge in [-0.1, -0.05) is 0 Å². The first kappa shape index (κ1) is 30.3. The van der Waals surface area contributed by atoms with E-state index in [-0.39, 0.29) is 17.6 Å². The summed E-state index contributed by atoms with van der Waals surface area (Å²) in [6.45, 7) is 5.23. The number of piperidine rings is 1. The topological polar surface area (TPSA) is 132 Å². The minimum atomic E-state index is -5.08. The number of ether oxygens (including phenoxy) is 2. The summed E-state index contributed by atoms with van der Waals surface area (Å²) in [5, 5.41) is 23.6. The highest BCUT2D eigenvalue weighted by Crippen LogP contribution is 2.35. The molecule has 2 N–H and O–H groups in total. The van der Waals surface area contributed by atoms with Gasteiger partial charge in [-0.15, -0.1) is 5.10 Å². The number of alkyl halides is 3. The molecule has 15 heteroatoms. The monoisotopic (exact) mass is 540 g/mol. The Kier molecular flexibility index (Phi) is 11.4. The van der Waals surface area contributed by atoms with E-state index < -0.39 is 12.1 Å². The summed E-state index contributed by atoms with van der Waals surface area (Å²) < 4.78 is 44.0. The molecule has 1 saturated heterocycles. The second-order valence-corrected chi connectivity index (χ2v) is 9.90. The van der Waals surface area contributed by atoms with Gasteiger partial charge in [0.05, 0.1) is 25.3 Å². The Morgan fingerprint density at radius 1 is 1.28 bits per heavy atom. The Morgan fingerprint density at radius 2 is 1.89 bits per heavy atom. The molecule has 0 bridgehead atoms. The van der Waals surface area contributed by atoms with Gasteiger partial charge < -0.3 is 19.9 Å². The van der Waals surface area contributed by atoms with Crippen LogP contribution in [-0.4, -0.2) is 106 Å². The van der Waals surface area contributed by atoms with Gasteiger partial charge in [-0.05, 0) is 61.8 Å². The number of esters is 1. The molecule has 2 fully saturated rings. The van der Waals surface area contributed by atoms with Crippen molar-refractivity contribution in [3.05, 3.63) is 5.82 Å². The van der Waals surface area contributed by atoms with Crippen molar-refractivity contribution >= 4 is 23.7 Å². The Labute approximate surface area is 212 Å². The van der Waals surface area contributed by atoms with E-state index in [0.717, 1.165) is 63.4 Å². The van der Waals surface area contributed by atoms with Crippen molar-refractivity contribution in [1.29, 1.82) is 0 Å². The maximum absolute atomic E-state index is 12.0. The van der Waals surface area contributed by atoms with E-state index in [1.165, 1.54) is 7.11 Å². The molecule has 2 aliphatic rings. The summed E-state index contributed by atoms with van der Waals surface area (Å²) in [6, 6.07) is -0.237. The van der Waals surface area contributed by atoms with Crippen LogP contribution in [0.15, 0.2) is 0 Å². The zero-order chi connectivity index (χ0) is 26.9. The third kappa shape index (κ3) is 8.02. The second-order valence-electron chi connectivity index (χ2n) is 8.91. The minimum Gasteiger partial charge on any atom is -0.475 e. The number of carboxylic acid groups (broad SMARTS) is 1. The van der Waals surface area contributed by atoms with Gasteiger partial charge in [0.2, 0.25) is 0 Å². The van der Waals surface area contributed by atoms with Crippen LogP contribution in [0.2, 0.25) is 0 Å². The number of hydrogen-bond acceptors (Lipinski definition) is 10. The first-order valence-corrected chi connectivity index (χ1v) is 13.0. The molecule has 3 rings (SSSR count). The van der Waals surface area contributed by atoms with E-state index in [9.17, 15) is 18.0 Å². The molecule has 2 heterocycles. The van der Waals surface area contributed by atoms with Crippen LogP contribution >= 0.6 is 11.8 Å². The first-order valence-electron chi connectivity index (χ1n) is 11.6. The third-order valence-electron chi connectivity index (χ3n) is 6.71. The van der Waals surface area contributed by atoms with E-state index >= 15 is 0 Å². The number of nitrogens with one attached hydrogen (secondary N) is 1. The van der Waals surface area contributed by atoms with Crippen LogP contribution < -0.4 is 5.32 Å². The average Bonchev–Trinajstić information content (AvgIpc) is 3.30. The number of aromatic nitrogens is 4. The number of likely N-dealkylation sites (tertiary alicyclic amines) is 1. The largest absolute Gasteiger partial charge is 0.490 e. The lowest BCUT2D eigenvalue weighted by Crippen LogP contribution is -2.56. The molecule has 11 nitrogen and oxygen atoms in total. The number of carbonyl (C=O) groups excluding carboxylic acids is 1. The number of aryl methyl sites for hydroxylation is 1. The van der Waals surface area contributed by atoms with Crippen LogP contribution in [0.3, 0.4) is 0 Å². The first-order chi connectivity index (χ1) is 17.0. The number of hydrogen-bond donors (Lipinski definition) is 2. The number of nitrogens with zero attached hydrogens (tertiary/aromatic N) is 5. The lowest BCUT2D eigenvalue weighted by atomic mass is 9.80.